The normalized spacial score (nSPS) is 19.0. The number of rotatable bonds is 7. The fourth-order valence-electron chi connectivity index (χ4n) is 6.97. The SMILES string of the molecule is Cc1cc(Br)cc2c(C(=O)OCC(=O)c3ccc(-c4ccccc4)cc3)cc(-c3ccc(N4C(=O)C5CCC(C)CC5C4=O)cc3)nc12. The summed E-state index contributed by atoms with van der Waals surface area (Å²) in [6, 6.07) is 29.6. The van der Waals surface area contributed by atoms with Gasteiger partial charge in [-0.25, -0.2) is 9.78 Å². The topological polar surface area (TPSA) is 93.6 Å². The maximum atomic E-state index is 13.6. The van der Waals surface area contributed by atoms with Crippen molar-refractivity contribution in [1.82, 2.24) is 4.98 Å². The Bertz CT molecular complexity index is 2080. The van der Waals surface area contributed by atoms with Crippen molar-refractivity contribution in [3.63, 3.8) is 0 Å². The molecule has 3 atom stereocenters. The van der Waals surface area contributed by atoms with E-state index < -0.39 is 12.6 Å². The van der Waals surface area contributed by atoms with Gasteiger partial charge in [-0.15, -0.1) is 0 Å². The van der Waals surface area contributed by atoms with Crippen LogP contribution in [0.2, 0.25) is 0 Å². The van der Waals surface area contributed by atoms with Gasteiger partial charge in [-0.1, -0.05) is 89.6 Å². The number of pyridine rings is 1. The van der Waals surface area contributed by atoms with E-state index in [1.807, 2.05) is 61.5 Å². The van der Waals surface area contributed by atoms with Crippen molar-refractivity contribution in [1.29, 1.82) is 0 Å². The number of benzene rings is 4. The van der Waals surface area contributed by atoms with E-state index in [2.05, 4.69) is 22.9 Å². The van der Waals surface area contributed by atoms with Gasteiger partial charge in [0.25, 0.3) is 0 Å². The summed E-state index contributed by atoms with van der Waals surface area (Å²) in [6.07, 6.45) is 2.44. The number of ether oxygens (including phenoxy) is 1. The lowest BCUT2D eigenvalue weighted by Crippen LogP contribution is -2.30. The maximum absolute atomic E-state index is 13.6. The molecule has 0 N–H and O–H groups in total. The van der Waals surface area contributed by atoms with Crippen molar-refractivity contribution in [3.05, 3.63) is 118 Å². The molecular formula is C40H33BrN2O5. The van der Waals surface area contributed by atoms with Crippen LogP contribution in [0.15, 0.2) is 102 Å². The highest BCUT2D eigenvalue weighted by atomic mass is 79.9. The Morgan fingerprint density at radius 2 is 1.50 bits per heavy atom. The number of nitrogens with zero attached hydrogens (tertiary/aromatic N) is 2. The highest BCUT2D eigenvalue weighted by molar-refractivity contribution is 9.10. The molecule has 1 aliphatic carbocycles. The average molecular weight is 702 g/mol. The molecule has 4 aromatic carbocycles. The van der Waals surface area contributed by atoms with Crippen LogP contribution in [-0.2, 0) is 14.3 Å². The Labute approximate surface area is 287 Å². The molecule has 7 rings (SSSR count). The smallest absolute Gasteiger partial charge is 0.339 e. The van der Waals surface area contributed by atoms with Gasteiger partial charge in [0.2, 0.25) is 11.8 Å². The second-order valence-electron chi connectivity index (χ2n) is 12.8. The van der Waals surface area contributed by atoms with Crippen LogP contribution >= 0.6 is 15.9 Å². The quantitative estimate of drug-likeness (QED) is 0.0959. The van der Waals surface area contributed by atoms with E-state index in [1.165, 1.54) is 4.90 Å². The van der Waals surface area contributed by atoms with Gasteiger partial charge in [0.15, 0.2) is 12.4 Å². The van der Waals surface area contributed by atoms with Crippen molar-refractivity contribution in [2.45, 2.75) is 33.1 Å². The Balaban J connectivity index is 1.13. The number of hydrogen-bond acceptors (Lipinski definition) is 6. The molecule has 48 heavy (non-hydrogen) atoms. The highest BCUT2D eigenvalue weighted by Gasteiger charge is 2.49. The lowest BCUT2D eigenvalue weighted by atomic mass is 9.76. The third-order valence-electron chi connectivity index (χ3n) is 9.55. The fourth-order valence-corrected chi connectivity index (χ4v) is 7.54. The van der Waals surface area contributed by atoms with Crippen molar-refractivity contribution >= 4 is 56.1 Å². The summed E-state index contributed by atoms with van der Waals surface area (Å²) in [7, 11) is 0. The minimum atomic E-state index is -0.642. The Kier molecular flexibility index (Phi) is 8.52. The molecule has 1 saturated carbocycles. The summed E-state index contributed by atoms with van der Waals surface area (Å²) in [5.41, 5.74) is 6.00. The summed E-state index contributed by atoms with van der Waals surface area (Å²) >= 11 is 3.53. The number of anilines is 1. The molecular weight excluding hydrogens is 668 g/mol. The van der Waals surface area contributed by atoms with E-state index in [1.54, 1.807) is 42.5 Å². The molecule has 8 heteroatoms. The van der Waals surface area contributed by atoms with E-state index >= 15 is 0 Å². The second-order valence-corrected chi connectivity index (χ2v) is 13.7. The van der Waals surface area contributed by atoms with Crippen LogP contribution in [0.3, 0.4) is 0 Å². The van der Waals surface area contributed by atoms with E-state index in [-0.39, 0.29) is 35.0 Å². The molecule has 2 heterocycles. The summed E-state index contributed by atoms with van der Waals surface area (Å²) in [5, 5.41) is 0.594. The fraction of sp³-hybridized carbons (Fsp3) is 0.225. The first kappa shape index (κ1) is 31.6. The van der Waals surface area contributed by atoms with Gasteiger partial charge in [0.1, 0.15) is 0 Å². The molecule has 0 radical (unpaired) electrons. The average Bonchev–Trinajstić information content (AvgIpc) is 3.35. The van der Waals surface area contributed by atoms with Crippen LogP contribution in [0.5, 0.6) is 0 Å². The van der Waals surface area contributed by atoms with E-state index in [0.717, 1.165) is 40.4 Å². The predicted molar refractivity (Wildman–Crippen MR) is 189 cm³/mol. The van der Waals surface area contributed by atoms with Crippen molar-refractivity contribution in [3.8, 4) is 22.4 Å². The monoisotopic (exact) mass is 700 g/mol. The zero-order valence-corrected chi connectivity index (χ0v) is 28.2. The van der Waals surface area contributed by atoms with Gasteiger partial charge in [-0.05, 0) is 79.1 Å². The van der Waals surface area contributed by atoms with E-state index in [9.17, 15) is 19.2 Å². The zero-order valence-electron chi connectivity index (χ0n) is 26.6. The van der Waals surface area contributed by atoms with Crippen LogP contribution in [0, 0.1) is 24.7 Å². The molecule has 0 spiro atoms. The van der Waals surface area contributed by atoms with Crippen LogP contribution in [0.1, 0.15) is 52.5 Å². The molecule has 2 amide bonds. The van der Waals surface area contributed by atoms with Gasteiger partial charge in [0, 0.05) is 21.0 Å². The number of fused-ring (bicyclic) bond motifs is 2. The summed E-state index contributed by atoms with van der Waals surface area (Å²) in [4.78, 5) is 59.3. The molecule has 0 bridgehead atoms. The molecule has 3 unspecified atom stereocenters. The summed E-state index contributed by atoms with van der Waals surface area (Å²) in [6.45, 7) is 3.63. The van der Waals surface area contributed by atoms with Gasteiger partial charge in [0.05, 0.1) is 34.3 Å². The Morgan fingerprint density at radius 3 is 2.23 bits per heavy atom. The van der Waals surface area contributed by atoms with Crippen molar-refractivity contribution in [2.75, 3.05) is 11.5 Å². The Hall–Kier alpha value is -4.95. The summed E-state index contributed by atoms with van der Waals surface area (Å²) in [5.74, 6) is -1.26. The third kappa shape index (κ3) is 5.97. The lowest BCUT2D eigenvalue weighted by molar-refractivity contribution is -0.122. The minimum Gasteiger partial charge on any atom is -0.454 e. The molecule has 2 fully saturated rings. The van der Waals surface area contributed by atoms with Gasteiger partial charge >= 0.3 is 5.97 Å². The lowest BCUT2D eigenvalue weighted by Gasteiger charge is -2.25. The number of imide groups is 1. The molecule has 7 nitrogen and oxygen atoms in total. The molecule has 1 aliphatic heterocycles. The highest BCUT2D eigenvalue weighted by Crippen LogP contribution is 2.42. The maximum Gasteiger partial charge on any atom is 0.339 e. The van der Waals surface area contributed by atoms with Crippen molar-refractivity contribution < 1.29 is 23.9 Å². The number of aryl methyl sites for hydroxylation is 1. The number of hydrogen-bond donors (Lipinski definition) is 0. The number of esters is 1. The zero-order chi connectivity index (χ0) is 33.5. The molecule has 2 aliphatic rings. The molecule has 240 valence electrons. The largest absolute Gasteiger partial charge is 0.454 e. The number of Topliss-reactive ketones (excluding diaryl/α,β-unsaturated/α-hetero) is 1. The van der Waals surface area contributed by atoms with Gasteiger partial charge < -0.3 is 4.74 Å². The third-order valence-corrected chi connectivity index (χ3v) is 10.0. The van der Waals surface area contributed by atoms with Crippen LogP contribution in [0.25, 0.3) is 33.3 Å². The van der Waals surface area contributed by atoms with Crippen LogP contribution < -0.4 is 4.90 Å². The van der Waals surface area contributed by atoms with Gasteiger partial charge in [-0.3, -0.25) is 19.3 Å². The number of carbonyl (C=O) groups excluding carboxylic acids is 4. The number of ketones is 1. The standard InChI is InChI=1S/C40H33BrN2O5/c1-23-8-17-31-33(18-23)39(46)43(38(31)45)30-15-13-27(14-16-30)35-21-34(32-20-29(41)19-24(2)37(32)42-35)40(47)48-22-36(44)28-11-9-26(10-12-28)25-6-4-3-5-7-25/h3-7,9-16,19-21,23,31,33H,8,17-18,22H2,1-2H3. The van der Waals surface area contributed by atoms with E-state index in [4.69, 9.17) is 9.72 Å². The van der Waals surface area contributed by atoms with Crippen LogP contribution in [-0.4, -0.2) is 35.2 Å². The first-order chi connectivity index (χ1) is 23.2. The number of aromatic nitrogens is 1. The number of amides is 2. The molecule has 1 saturated heterocycles. The number of carbonyl (C=O) groups is 4. The first-order valence-electron chi connectivity index (χ1n) is 16.1. The van der Waals surface area contributed by atoms with Crippen molar-refractivity contribution in [2.24, 2.45) is 17.8 Å². The Morgan fingerprint density at radius 1 is 0.833 bits per heavy atom. The minimum absolute atomic E-state index is 0.124. The molecule has 1 aromatic heterocycles. The first-order valence-corrected chi connectivity index (χ1v) is 16.9. The predicted octanol–water partition coefficient (Wildman–Crippen LogP) is 8.61. The van der Waals surface area contributed by atoms with E-state index in [0.29, 0.717) is 39.3 Å². The number of halogens is 1. The second kappa shape index (κ2) is 12.9. The van der Waals surface area contributed by atoms with Crippen LogP contribution in [0.4, 0.5) is 5.69 Å². The van der Waals surface area contributed by atoms with Gasteiger partial charge in [-0.2, -0.15) is 0 Å². The summed E-state index contributed by atoms with van der Waals surface area (Å²) < 4.78 is 6.37. The molecule has 5 aromatic rings.